The van der Waals surface area contributed by atoms with Crippen molar-refractivity contribution in [1.82, 2.24) is 5.32 Å². The van der Waals surface area contributed by atoms with Crippen molar-refractivity contribution in [2.45, 2.75) is 12.5 Å². The van der Waals surface area contributed by atoms with Crippen molar-refractivity contribution >= 4 is 27.5 Å². The molecule has 0 bridgehead atoms. The van der Waals surface area contributed by atoms with Crippen LogP contribution in [0.2, 0.25) is 5.02 Å². The summed E-state index contributed by atoms with van der Waals surface area (Å²) in [4.78, 5) is 0. The van der Waals surface area contributed by atoms with E-state index in [1.165, 1.54) is 24.3 Å². The maximum atomic E-state index is 14.0. The lowest BCUT2D eigenvalue weighted by molar-refractivity contribution is 0.488. The smallest absolute Gasteiger partial charge is 0.141 e. The van der Waals surface area contributed by atoms with Gasteiger partial charge >= 0.3 is 0 Å². The predicted octanol–water partition coefficient (Wildman–Crippen LogP) is 5.02. The van der Waals surface area contributed by atoms with Gasteiger partial charge in [-0.3, -0.25) is 0 Å². The van der Waals surface area contributed by atoms with Crippen molar-refractivity contribution in [1.29, 1.82) is 0 Å². The molecular weight excluding hydrogens is 367 g/mol. The zero-order chi connectivity index (χ0) is 15.6. The average molecular weight is 379 g/mol. The summed E-state index contributed by atoms with van der Waals surface area (Å²) in [5.74, 6) is -1.81. The van der Waals surface area contributed by atoms with Crippen molar-refractivity contribution < 1.29 is 13.2 Å². The van der Waals surface area contributed by atoms with Gasteiger partial charge in [0.15, 0.2) is 0 Å². The summed E-state index contributed by atoms with van der Waals surface area (Å²) in [5, 5.41) is 2.86. The van der Waals surface area contributed by atoms with Crippen molar-refractivity contribution in [2.24, 2.45) is 0 Å². The molecule has 0 spiro atoms. The molecule has 0 saturated heterocycles. The highest BCUT2D eigenvalue weighted by Gasteiger charge is 2.20. The third kappa shape index (κ3) is 3.78. The van der Waals surface area contributed by atoms with Crippen LogP contribution in [0.3, 0.4) is 0 Å². The Kier molecular flexibility index (Phi) is 5.30. The van der Waals surface area contributed by atoms with Gasteiger partial charge in [0.25, 0.3) is 0 Å². The SMILES string of the molecule is CNC(Cc1ccc(F)c(Cl)c1)c1c(F)cc(Br)cc1F. The first-order valence-electron chi connectivity index (χ1n) is 6.18. The number of hydrogen-bond donors (Lipinski definition) is 1. The second-order valence-electron chi connectivity index (χ2n) is 4.58. The standard InChI is InChI=1S/C15H12BrClF3N/c1-21-14(5-8-2-3-11(18)10(17)4-8)15-12(19)6-9(16)7-13(15)20/h2-4,6-7,14,21H,5H2,1H3. The van der Waals surface area contributed by atoms with E-state index in [2.05, 4.69) is 21.2 Å². The van der Waals surface area contributed by atoms with E-state index in [0.717, 1.165) is 0 Å². The molecule has 112 valence electrons. The van der Waals surface area contributed by atoms with Gasteiger partial charge in [-0.2, -0.15) is 0 Å². The van der Waals surface area contributed by atoms with E-state index >= 15 is 0 Å². The molecule has 1 nitrogen and oxygen atoms in total. The minimum atomic E-state index is -0.644. The fourth-order valence-corrected chi connectivity index (χ4v) is 2.74. The molecule has 1 unspecified atom stereocenters. The molecule has 0 aromatic heterocycles. The Morgan fingerprint density at radius 3 is 2.24 bits per heavy atom. The maximum absolute atomic E-state index is 14.0. The first-order valence-corrected chi connectivity index (χ1v) is 7.35. The Hall–Kier alpha value is -1.04. The van der Waals surface area contributed by atoms with Crippen LogP contribution < -0.4 is 5.32 Å². The fourth-order valence-electron chi connectivity index (χ4n) is 2.14. The first-order chi connectivity index (χ1) is 9.92. The zero-order valence-electron chi connectivity index (χ0n) is 11.1. The van der Waals surface area contributed by atoms with Crippen LogP contribution in [0.4, 0.5) is 13.2 Å². The zero-order valence-corrected chi connectivity index (χ0v) is 13.4. The third-order valence-electron chi connectivity index (χ3n) is 3.16. The van der Waals surface area contributed by atoms with Crippen LogP contribution in [0, 0.1) is 17.5 Å². The van der Waals surface area contributed by atoms with E-state index in [0.29, 0.717) is 10.0 Å². The number of hydrogen-bond acceptors (Lipinski definition) is 1. The number of halogens is 5. The van der Waals surface area contributed by atoms with E-state index in [1.807, 2.05) is 0 Å². The Balaban J connectivity index is 2.34. The van der Waals surface area contributed by atoms with Gasteiger partial charge in [-0.25, -0.2) is 13.2 Å². The van der Waals surface area contributed by atoms with Crippen LogP contribution in [0.15, 0.2) is 34.8 Å². The highest BCUT2D eigenvalue weighted by atomic mass is 79.9. The van der Waals surface area contributed by atoms with E-state index in [4.69, 9.17) is 11.6 Å². The molecule has 0 aliphatic carbocycles. The van der Waals surface area contributed by atoms with Gasteiger partial charge in [0.1, 0.15) is 17.5 Å². The average Bonchev–Trinajstić information content (AvgIpc) is 2.40. The van der Waals surface area contributed by atoms with E-state index in [9.17, 15) is 13.2 Å². The minimum absolute atomic E-state index is 0.0147. The third-order valence-corrected chi connectivity index (χ3v) is 3.91. The summed E-state index contributed by atoms with van der Waals surface area (Å²) in [6, 6.07) is 6.06. The monoisotopic (exact) mass is 377 g/mol. The molecule has 0 fully saturated rings. The molecule has 21 heavy (non-hydrogen) atoms. The van der Waals surface area contributed by atoms with Crippen LogP contribution >= 0.6 is 27.5 Å². The molecule has 0 radical (unpaired) electrons. The summed E-state index contributed by atoms with van der Waals surface area (Å²) >= 11 is 8.76. The van der Waals surface area contributed by atoms with Gasteiger partial charge in [0, 0.05) is 16.1 Å². The Morgan fingerprint density at radius 1 is 1.10 bits per heavy atom. The van der Waals surface area contributed by atoms with Crippen LogP contribution in [-0.2, 0) is 6.42 Å². The summed E-state index contributed by atoms with van der Waals surface area (Å²) in [5.41, 5.74) is 0.628. The topological polar surface area (TPSA) is 12.0 Å². The summed E-state index contributed by atoms with van der Waals surface area (Å²) in [6.45, 7) is 0. The predicted molar refractivity (Wildman–Crippen MR) is 81.0 cm³/mol. The van der Waals surface area contributed by atoms with Gasteiger partial charge in [-0.1, -0.05) is 33.6 Å². The largest absolute Gasteiger partial charge is 0.313 e. The normalized spacial score (nSPS) is 12.5. The van der Waals surface area contributed by atoms with Gasteiger partial charge in [0.2, 0.25) is 0 Å². The molecule has 0 aliphatic heterocycles. The molecule has 6 heteroatoms. The van der Waals surface area contributed by atoms with Crippen LogP contribution in [-0.4, -0.2) is 7.05 Å². The van der Waals surface area contributed by atoms with Crippen molar-refractivity contribution in [3.63, 3.8) is 0 Å². The second kappa shape index (κ2) is 6.81. The van der Waals surface area contributed by atoms with Crippen LogP contribution in [0.1, 0.15) is 17.2 Å². The van der Waals surface area contributed by atoms with Crippen LogP contribution in [0.5, 0.6) is 0 Å². The van der Waals surface area contributed by atoms with Gasteiger partial charge in [-0.15, -0.1) is 0 Å². The Bertz CT molecular complexity index is 640. The summed E-state index contributed by atoms with van der Waals surface area (Å²) in [7, 11) is 1.61. The molecule has 2 aromatic carbocycles. The molecule has 2 aromatic rings. The molecule has 2 rings (SSSR count). The maximum Gasteiger partial charge on any atom is 0.141 e. The lowest BCUT2D eigenvalue weighted by Crippen LogP contribution is -2.21. The number of rotatable bonds is 4. The molecular formula is C15H12BrClF3N. The Labute approximate surface area is 134 Å². The number of nitrogens with one attached hydrogen (secondary N) is 1. The second-order valence-corrected chi connectivity index (χ2v) is 5.90. The number of benzene rings is 2. The Morgan fingerprint density at radius 2 is 1.71 bits per heavy atom. The number of likely N-dealkylation sites (N-methyl/N-ethyl adjacent to an activating group) is 1. The molecule has 0 amide bonds. The van der Waals surface area contributed by atoms with Crippen LogP contribution in [0.25, 0.3) is 0 Å². The van der Waals surface area contributed by atoms with Crippen molar-refractivity contribution in [2.75, 3.05) is 7.05 Å². The first kappa shape index (κ1) is 16.3. The van der Waals surface area contributed by atoms with Gasteiger partial charge in [-0.05, 0) is 43.3 Å². The minimum Gasteiger partial charge on any atom is -0.313 e. The molecule has 0 heterocycles. The van der Waals surface area contributed by atoms with E-state index in [-0.39, 0.29) is 17.0 Å². The fraction of sp³-hybridized carbons (Fsp3) is 0.200. The molecule has 0 aliphatic rings. The summed E-state index contributed by atoms with van der Waals surface area (Å²) in [6.07, 6.45) is 0.284. The highest BCUT2D eigenvalue weighted by Crippen LogP contribution is 2.28. The summed E-state index contributed by atoms with van der Waals surface area (Å²) < 4.78 is 41.5. The molecule has 0 saturated carbocycles. The van der Waals surface area contributed by atoms with Crippen molar-refractivity contribution in [3.05, 3.63) is 68.4 Å². The van der Waals surface area contributed by atoms with E-state index in [1.54, 1.807) is 13.1 Å². The molecule has 1 atom stereocenters. The van der Waals surface area contributed by atoms with Gasteiger partial charge in [0.05, 0.1) is 5.02 Å². The lowest BCUT2D eigenvalue weighted by Gasteiger charge is -2.18. The van der Waals surface area contributed by atoms with E-state index < -0.39 is 23.5 Å². The van der Waals surface area contributed by atoms with Gasteiger partial charge < -0.3 is 5.32 Å². The quantitative estimate of drug-likeness (QED) is 0.787. The molecule has 1 N–H and O–H groups in total. The highest BCUT2D eigenvalue weighted by molar-refractivity contribution is 9.10. The lowest BCUT2D eigenvalue weighted by atomic mass is 9.98. The van der Waals surface area contributed by atoms with Crippen molar-refractivity contribution in [3.8, 4) is 0 Å².